The van der Waals surface area contributed by atoms with Crippen LogP contribution in [0.2, 0.25) is 0 Å². The maximum absolute atomic E-state index is 12.4. The Morgan fingerprint density at radius 2 is 2.08 bits per heavy atom. The van der Waals surface area contributed by atoms with Gasteiger partial charge in [0.2, 0.25) is 5.91 Å². The third-order valence-electron chi connectivity index (χ3n) is 4.86. The second-order valence-electron chi connectivity index (χ2n) is 7.04. The van der Waals surface area contributed by atoms with Gasteiger partial charge in [-0.1, -0.05) is 30.0 Å². The predicted molar refractivity (Wildman–Crippen MR) is 101 cm³/mol. The van der Waals surface area contributed by atoms with E-state index in [1.54, 1.807) is 7.11 Å². The monoisotopic (exact) mass is 372 g/mol. The summed E-state index contributed by atoms with van der Waals surface area (Å²) in [7, 11) is 1.64. The number of nitrogens with one attached hydrogen (secondary N) is 1. The van der Waals surface area contributed by atoms with E-state index < -0.39 is 0 Å². The fraction of sp³-hybridized carbons (Fsp3) is 0.526. The molecule has 26 heavy (non-hydrogen) atoms. The molecule has 2 aromatic rings. The Morgan fingerprint density at radius 1 is 1.31 bits per heavy atom. The van der Waals surface area contributed by atoms with Crippen LogP contribution in [-0.4, -0.2) is 33.5 Å². The lowest BCUT2D eigenvalue weighted by Gasteiger charge is -2.17. The zero-order valence-electron chi connectivity index (χ0n) is 15.1. The summed E-state index contributed by atoms with van der Waals surface area (Å²) in [5, 5.41) is 12.7. The molecule has 1 amide bonds. The van der Waals surface area contributed by atoms with Crippen LogP contribution in [0.5, 0.6) is 5.75 Å². The van der Waals surface area contributed by atoms with Crippen LogP contribution in [0.4, 0.5) is 0 Å². The molecule has 1 aromatic carbocycles. The highest BCUT2D eigenvalue weighted by Crippen LogP contribution is 2.45. The first kappa shape index (κ1) is 17.4. The average Bonchev–Trinajstić information content (AvgIpc) is 3.58. The molecule has 1 atom stereocenters. The van der Waals surface area contributed by atoms with Gasteiger partial charge in [-0.2, -0.15) is 0 Å². The molecular weight excluding hydrogens is 348 g/mol. The normalized spacial score (nSPS) is 17.8. The molecule has 0 saturated heterocycles. The van der Waals surface area contributed by atoms with Crippen LogP contribution in [-0.2, 0) is 4.79 Å². The number of methoxy groups -OCH3 is 1. The Morgan fingerprint density at radius 3 is 2.77 bits per heavy atom. The molecular formula is C19H24N4O2S. The first-order chi connectivity index (χ1) is 12.7. The Bertz CT molecular complexity index is 799. The maximum Gasteiger partial charge on any atom is 0.230 e. The average molecular weight is 372 g/mol. The van der Waals surface area contributed by atoms with Crippen molar-refractivity contribution in [3.05, 3.63) is 35.7 Å². The van der Waals surface area contributed by atoms with Crippen molar-refractivity contribution in [2.75, 3.05) is 12.9 Å². The lowest BCUT2D eigenvalue weighted by molar-refractivity contribution is -0.119. The van der Waals surface area contributed by atoms with Crippen LogP contribution in [0.1, 0.15) is 62.0 Å². The lowest BCUT2D eigenvalue weighted by atomic mass is 10.1. The van der Waals surface area contributed by atoms with Crippen molar-refractivity contribution in [1.82, 2.24) is 20.1 Å². The molecule has 1 N–H and O–H groups in total. The summed E-state index contributed by atoms with van der Waals surface area (Å²) in [4.78, 5) is 12.4. The van der Waals surface area contributed by atoms with Gasteiger partial charge in [-0.15, -0.1) is 10.2 Å². The summed E-state index contributed by atoms with van der Waals surface area (Å²) in [6, 6.07) is 8.19. The summed E-state index contributed by atoms with van der Waals surface area (Å²) in [6.45, 7) is 1.97. The first-order valence-corrected chi connectivity index (χ1v) is 10.2. The largest absolute Gasteiger partial charge is 0.496 e. The van der Waals surface area contributed by atoms with E-state index in [2.05, 4.69) is 20.1 Å². The molecule has 2 aliphatic carbocycles. The number of ether oxygens (including phenoxy) is 1. The van der Waals surface area contributed by atoms with Gasteiger partial charge in [0.25, 0.3) is 0 Å². The number of carbonyl (C=O) groups is 1. The summed E-state index contributed by atoms with van der Waals surface area (Å²) >= 11 is 1.48. The van der Waals surface area contributed by atoms with Crippen molar-refractivity contribution in [3.8, 4) is 5.75 Å². The number of aromatic nitrogens is 3. The molecule has 0 spiro atoms. The van der Waals surface area contributed by atoms with Gasteiger partial charge in [-0.05, 0) is 38.7 Å². The summed E-state index contributed by atoms with van der Waals surface area (Å²) < 4.78 is 7.66. The number of thioether (sulfide) groups is 1. The first-order valence-electron chi connectivity index (χ1n) is 9.17. The minimum atomic E-state index is -0.109. The summed E-state index contributed by atoms with van der Waals surface area (Å²) in [5.41, 5.74) is 0.977. The third kappa shape index (κ3) is 3.72. The Hall–Kier alpha value is -2.02. The quantitative estimate of drug-likeness (QED) is 0.719. The van der Waals surface area contributed by atoms with Crippen molar-refractivity contribution in [2.45, 2.75) is 55.8 Å². The van der Waals surface area contributed by atoms with E-state index in [9.17, 15) is 4.79 Å². The second kappa shape index (κ2) is 7.31. The number of para-hydroxylation sites is 1. The van der Waals surface area contributed by atoms with Crippen molar-refractivity contribution in [3.63, 3.8) is 0 Å². The molecule has 0 radical (unpaired) electrons. The number of benzene rings is 1. The topological polar surface area (TPSA) is 69.0 Å². The number of nitrogens with zero attached hydrogens (tertiary/aromatic N) is 3. The van der Waals surface area contributed by atoms with E-state index in [4.69, 9.17) is 4.74 Å². The molecule has 2 fully saturated rings. The van der Waals surface area contributed by atoms with Gasteiger partial charge in [0.05, 0.1) is 18.9 Å². The van der Waals surface area contributed by atoms with Gasteiger partial charge >= 0.3 is 0 Å². The smallest absolute Gasteiger partial charge is 0.230 e. The summed E-state index contributed by atoms with van der Waals surface area (Å²) in [6.07, 6.45) is 4.82. The Kier molecular flexibility index (Phi) is 4.89. The van der Waals surface area contributed by atoms with Crippen LogP contribution in [0, 0.1) is 0 Å². The van der Waals surface area contributed by atoms with Gasteiger partial charge in [0.1, 0.15) is 11.6 Å². The molecule has 138 valence electrons. The standard InChI is InChI=1S/C19H24N4O2S/c1-12(15-5-3-4-6-16(15)25-2)20-17(24)11-26-19-22-21-18(13-7-8-13)23(19)14-9-10-14/h3-6,12-14H,7-11H2,1-2H3,(H,20,24). The minimum absolute atomic E-state index is 0.00766. The molecule has 0 bridgehead atoms. The molecule has 1 heterocycles. The predicted octanol–water partition coefficient (Wildman–Crippen LogP) is 3.47. The molecule has 1 aromatic heterocycles. The second-order valence-corrected chi connectivity index (χ2v) is 7.98. The number of hydrogen-bond donors (Lipinski definition) is 1. The van der Waals surface area contributed by atoms with E-state index in [0.29, 0.717) is 17.7 Å². The fourth-order valence-corrected chi connectivity index (χ4v) is 4.02. The van der Waals surface area contributed by atoms with Gasteiger partial charge in [0, 0.05) is 17.5 Å². The Balaban J connectivity index is 1.37. The van der Waals surface area contributed by atoms with Crippen LogP contribution in [0.25, 0.3) is 0 Å². The zero-order chi connectivity index (χ0) is 18.1. The van der Waals surface area contributed by atoms with Crippen molar-refractivity contribution >= 4 is 17.7 Å². The van der Waals surface area contributed by atoms with Gasteiger partial charge < -0.3 is 14.6 Å². The number of amides is 1. The van der Waals surface area contributed by atoms with E-state index in [1.165, 1.54) is 37.4 Å². The van der Waals surface area contributed by atoms with E-state index in [1.807, 2.05) is 31.2 Å². The molecule has 0 aliphatic heterocycles. The van der Waals surface area contributed by atoms with Crippen molar-refractivity contribution in [2.24, 2.45) is 0 Å². The molecule has 7 heteroatoms. The van der Waals surface area contributed by atoms with E-state index in [-0.39, 0.29) is 11.9 Å². The van der Waals surface area contributed by atoms with Gasteiger partial charge in [0.15, 0.2) is 5.16 Å². The van der Waals surface area contributed by atoms with Crippen LogP contribution < -0.4 is 10.1 Å². The molecule has 4 rings (SSSR count). The molecule has 1 unspecified atom stereocenters. The van der Waals surface area contributed by atoms with Crippen molar-refractivity contribution in [1.29, 1.82) is 0 Å². The SMILES string of the molecule is COc1ccccc1C(C)NC(=O)CSc1nnc(C2CC2)n1C1CC1. The van der Waals surface area contributed by atoms with E-state index >= 15 is 0 Å². The van der Waals surface area contributed by atoms with Gasteiger partial charge in [-0.3, -0.25) is 4.79 Å². The Labute approximate surface area is 157 Å². The number of rotatable bonds is 8. The maximum atomic E-state index is 12.4. The fourth-order valence-electron chi connectivity index (χ4n) is 3.20. The summed E-state index contributed by atoms with van der Waals surface area (Å²) in [5.74, 6) is 2.83. The van der Waals surface area contributed by atoms with Crippen LogP contribution >= 0.6 is 11.8 Å². The third-order valence-corrected chi connectivity index (χ3v) is 5.80. The van der Waals surface area contributed by atoms with Crippen LogP contribution in [0.15, 0.2) is 29.4 Å². The minimum Gasteiger partial charge on any atom is -0.496 e. The van der Waals surface area contributed by atoms with E-state index in [0.717, 1.165) is 22.3 Å². The highest BCUT2D eigenvalue weighted by atomic mass is 32.2. The number of hydrogen-bond acceptors (Lipinski definition) is 5. The van der Waals surface area contributed by atoms with Crippen LogP contribution in [0.3, 0.4) is 0 Å². The molecule has 2 saturated carbocycles. The zero-order valence-corrected chi connectivity index (χ0v) is 16.0. The lowest BCUT2D eigenvalue weighted by Crippen LogP contribution is -2.28. The molecule has 6 nitrogen and oxygen atoms in total. The highest BCUT2D eigenvalue weighted by Gasteiger charge is 2.36. The number of carbonyl (C=O) groups excluding carboxylic acids is 1. The van der Waals surface area contributed by atoms with Gasteiger partial charge in [-0.25, -0.2) is 0 Å². The highest BCUT2D eigenvalue weighted by molar-refractivity contribution is 7.99. The van der Waals surface area contributed by atoms with Crippen molar-refractivity contribution < 1.29 is 9.53 Å². The molecule has 2 aliphatic rings.